The fraction of sp³-hybridized carbons (Fsp3) is 0.889. The molecule has 1 rings (SSSR count). The SMILES string of the molecule is COCC(=O)NC1CCC1(C)C. The minimum atomic E-state index is -0.00438. The Kier molecular flexibility index (Phi) is 2.73. The van der Waals surface area contributed by atoms with Crippen LogP contribution in [0.2, 0.25) is 0 Å². The molecule has 1 fully saturated rings. The summed E-state index contributed by atoms with van der Waals surface area (Å²) < 4.78 is 4.73. The quantitative estimate of drug-likeness (QED) is 0.686. The van der Waals surface area contributed by atoms with Gasteiger partial charge in [-0.25, -0.2) is 0 Å². The molecule has 1 N–H and O–H groups in total. The Balaban J connectivity index is 2.28. The first-order chi connectivity index (χ1) is 5.56. The fourth-order valence-corrected chi connectivity index (χ4v) is 1.50. The molecule has 3 nitrogen and oxygen atoms in total. The van der Waals surface area contributed by atoms with Gasteiger partial charge in [-0.15, -0.1) is 0 Å². The van der Waals surface area contributed by atoms with E-state index in [9.17, 15) is 4.79 Å². The third-order valence-electron chi connectivity index (χ3n) is 2.63. The summed E-state index contributed by atoms with van der Waals surface area (Å²) in [6, 6.07) is 0.347. The monoisotopic (exact) mass is 171 g/mol. The molecule has 0 heterocycles. The van der Waals surface area contributed by atoms with Crippen LogP contribution in [0.15, 0.2) is 0 Å². The summed E-state index contributed by atoms with van der Waals surface area (Å²) in [5.41, 5.74) is 0.281. The Morgan fingerprint density at radius 2 is 2.33 bits per heavy atom. The lowest BCUT2D eigenvalue weighted by atomic mass is 9.67. The van der Waals surface area contributed by atoms with Crippen LogP contribution in [0.1, 0.15) is 26.7 Å². The molecule has 70 valence electrons. The first-order valence-electron chi connectivity index (χ1n) is 4.34. The number of ether oxygens (including phenoxy) is 1. The molecule has 1 aliphatic rings. The van der Waals surface area contributed by atoms with Crippen LogP contribution in [0.3, 0.4) is 0 Å². The molecule has 0 radical (unpaired) electrons. The van der Waals surface area contributed by atoms with E-state index in [1.165, 1.54) is 13.5 Å². The smallest absolute Gasteiger partial charge is 0.246 e. The van der Waals surface area contributed by atoms with Crippen LogP contribution in [0.5, 0.6) is 0 Å². The first-order valence-corrected chi connectivity index (χ1v) is 4.34. The van der Waals surface area contributed by atoms with Gasteiger partial charge >= 0.3 is 0 Å². The van der Waals surface area contributed by atoms with Gasteiger partial charge in [-0.3, -0.25) is 4.79 Å². The van der Waals surface area contributed by atoms with Crippen molar-refractivity contribution in [2.75, 3.05) is 13.7 Å². The summed E-state index contributed by atoms with van der Waals surface area (Å²) in [5, 5.41) is 2.94. The second-order valence-electron chi connectivity index (χ2n) is 4.08. The van der Waals surface area contributed by atoms with Gasteiger partial charge in [-0.2, -0.15) is 0 Å². The third-order valence-corrected chi connectivity index (χ3v) is 2.63. The molecule has 0 aromatic heterocycles. The molecule has 0 bridgehead atoms. The van der Waals surface area contributed by atoms with Gasteiger partial charge in [-0.05, 0) is 18.3 Å². The van der Waals surface area contributed by atoms with E-state index in [2.05, 4.69) is 19.2 Å². The summed E-state index contributed by atoms with van der Waals surface area (Å²) >= 11 is 0. The number of carbonyl (C=O) groups excluding carboxylic acids is 1. The molecular weight excluding hydrogens is 154 g/mol. The average Bonchev–Trinajstić information content (AvgIpc) is 1.99. The topological polar surface area (TPSA) is 38.3 Å². The Hall–Kier alpha value is -0.570. The van der Waals surface area contributed by atoms with Crippen molar-refractivity contribution in [3.63, 3.8) is 0 Å². The maximum absolute atomic E-state index is 11.1. The number of rotatable bonds is 3. The standard InChI is InChI=1S/C9H17NO2/c1-9(2)5-4-7(9)10-8(11)6-12-3/h7H,4-6H2,1-3H3,(H,10,11). The van der Waals surface area contributed by atoms with Gasteiger partial charge in [0.15, 0.2) is 0 Å². The van der Waals surface area contributed by atoms with Crippen LogP contribution in [0, 0.1) is 5.41 Å². The van der Waals surface area contributed by atoms with Crippen molar-refractivity contribution in [2.24, 2.45) is 5.41 Å². The first kappa shape index (κ1) is 9.52. The van der Waals surface area contributed by atoms with Crippen molar-refractivity contribution in [2.45, 2.75) is 32.7 Å². The van der Waals surface area contributed by atoms with Crippen molar-refractivity contribution in [3.8, 4) is 0 Å². The number of amides is 1. The van der Waals surface area contributed by atoms with E-state index in [4.69, 9.17) is 4.74 Å². The molecule has 1 saturated carbocycles. The maximum Gasteiger partial charge on any atom is 0.246 e. The Labute approximate surface area is 73.5 Å². The molecule has 0 aromatic carbocycles. The van der Waals surface area contributed by atoms with E-state index >= 15 is 0 Å². The van der Waals surface area contributed by atoms with E-state index in [-0.39, 0.29) is 17.9 Å². The van der Waals surface area contributed by atoms with E-state index in [0.717, 1.165) is 6.42 Å². The number of hydrogen-bond donors (Lipinski definition) is 1. The van der Waals surface area contributed by atoms with Gasteiger partial charge in [0.25, 0.3) is 0 Å². The van der Waals surface area contributed by atoms with Crippen LogP contribution in [-0.2, 0) is 9.53 Å². The van der Waals surface area contributed by atoms with Crippen molar-refractivity contribution in [1.29, 1.82) is 0 Å². The van der Waals surface area contributed by atoms with Crippen molar-refractivity contribution in [1.82, 2.24) is 5.32 Å². The molecule has 1 unspecified atom stereocenters. The molecule has 0 aliphatic heterocycles. The zero-order valence-corrected chi connectivity index (χ0v) is 8.02. The van der Waals surface area contributed by atoms with E-state index in [1.54, 1.807) is 0 Å². The normalized spacial score (nSPS) is 26.1. The Morgan fingerprint density at radius 1 is 1.67 bits per heavy atom. The molecule has 0 spiro atoms. The molecule has 0 saturated heterocycles. The van der Waals surface area contributed by atoms with Gasteiger partial charge in [0.1, 0.15) is 6.61 Å². The van der Waals surface area contributed by atoms with Crippen LogP contribution < -0.4 is 5.32 Å². The molecule has 1 aliphatic carbocycles. The summed E-state index contributed by atoms with van der Waals surface area (Å²) in [5.74, 6) is -0.00438. The van der Waals surface area contributed by atoms with Gasteiger partial charge in [-0.1, -0.05) is 13.8 Å². The zero-order valence-electron chi connectivity index (χ0n) is 8.02. The van der Waals surface area contributed by atoms with Gasteiger partial charge in [0.2, 0.25) is 5.91 Å². The highest BCUT2D eigenvalue weighted by molar-refractivity contribution is 5.77. The van der Waals surface area contributed by atoms with E-state index in [0.29, 0.717) is 6.04 Å². The predicted molar refractivity (Wildman–Crippen MR) is 46.8 cm³/mol. The molecular formula is C9H17NO2. The van der Waals surface area contributed by atoms with E-state index in [1.807, 2.05) is 0 Å². The Bertz CT molecular complexity index is 177. The molecule has 1 atom stereocenters. The highest BCUT2D eigenvalue weighted by Crippen LogP contribution is 2.39. The Morgan fingerprint density at radius 3 is 2.67 bits per heavy atom. The molecule has 0 aromatic rings. The number of nitrogens with one attached hydrogen (secondary N) is 1. The lowest BCUT2D eigenvalue weighted by molar-refractivity contribution is -0.127. The van der Waals surface area contributed by atoms with Gasteiger partial charge in [0.05, 0.1) is 0 Å². The average molecular weight is 171 g/mol. The minimum Gasteiger partial charge on any atom is -0.375 e. The fourth-order valence-electron chi connectivity index (χ4n) is 1.50. The predicted octanol–water partition coefficient (Wildman–Crippen LogP) is 0.938. The summed E-state index contributed by atoms with van der Waals surface area (Å²) in [7, 11) is 1.53. The van der Waals surface area contributed by atoms with Crippen molar-refractivity contribution in [3.05, 3.63) is 0 Å². The van der Waals surface area contributed by atoms with E-state index < -0.39 is 0 Å². The summed E-state index contributed by atoms with van der Waals surface area (Å²) in [6.07, 6.45) is 2.30. The summed E-state index contributed by atoms with van der Waals surface area (Å²) in [4.78, 5) is 11.1. The zero-order chi connectivity index (χ0) is 9.19. The molecule has 3 heteroatoms. The van der Waals surface area contributed by atoms with Crippen LogP contribution in [0.4, 0.5) is 0 Å². The van der Waals surface area contributed by atoms with Gasteiger partial charge in [0, 0.05) is 13.2 Å². The van der Waals surface area contributed by atoms with Crippen LogP contribution in [0.25, 0.3) is 0 Å². The van der Waals surface area contributed by atoms with Crippen LogP contribution in [-0.4, -0.2) is 25.7 Å². The largest absolute Gasteiger partial charge is 0.375 e. The highest BCUT2D eigenvalue weighted by atomic mass is 16.5. The highest BCUT2D eigenvalue weighted by Gasteiger charge is 2.38. The number of carbonyl (C=O) groups is 1. The lowest BCUT2D eigenvalue weighted by Crippen LogP contribution is -2.52. The van der Waals surface area contributed by atoms with Crippen LogP contribution >= 0.6 is 0 Å². The minimum absolute atomic E-state index is 0.00438. The number of hydrogen-bond acceptors (Lipinski definition) is 2. The third kappa shape index (κ3) is 1.97. The van der Waals surface area contributed by atoms with Gasteiger partial charge < -0.3 is 10.1 Å². The second kappa shape index (κ2) is 3.44. The van der Waals surface area contributed by atoms with Crippen molar-refractivity contribution < 1.29 is 9.53 Å². The molecule has 12 heavy (non-hydrogen) atoms. The van der Waals surface area contributed by atoms with Crippen molar-refractivity contribution >= 4 is 5.91 Å². The second-order valence-corrected chi connectivity index (χ2v) is 4.08. The number of methoxy groups -OCH3 is 1. The maximum atomic E-state index is 11.1. The lowest BCUT2D eigenvalue weighted by Gasteiger charge is -2.44. The molecule has 1 amide bonds. The summed E-state index contributed by atoms with van der Waals surface area (Å²) in [6.45, 7) is 4.52.